The summed E-state index contributed by atoms with van der Waals surface area (Å²) in [5.74, 6) is -0.452. The standard InChI is InChI=1S/C11H11NO3S/c1-5-3-7(11(13)14)9-8(4-5)15-6(2)10(16)12-9/h3-4,6H,1-2H3,(H,12,16)(H,13,14). The normalized spacial score (nSPS) is 18.4. The highest BCUT2D eigenvalue weighted by atomic mass is 32.1. The Kier molecular flexibility index (Phi) is 2.55. The topological polar surface area (TPSA) is 58.6 Å². The van der Waals surface area contributed by atoms with Crippen molar-refractivity contribution < 1.29 is 14.6 Å². The molecule has 1 heterocycles. The summed E-state index contributed by atoms with van der Waals surface area (Å²) in [5.41, 5.74) is 1.48. The largest absolute Gasteiger partial charge is 0.481 e. The van der Waals surface area contributed by atoms with Gasteiger partial charge in [0.05, 0.1) is 11.3 Å². The average molecular weight is 237 g/mol. The van der Waals surface area contributed by atoms with Gasteiger partial charge < -0.3 is 15.2 Å². The molecule has 4 nitrogen and oxygen atoms in total. The summed E-state index contributed by atoms with van der Waals surface area (Å²) >= 11 is 5.05. The average Bonchev–Trinajstić information content (AvgIpc) is 2.19. The molecule has 0 saturated carbocycles. The number of carboxylic acid groups (broad SMARTS) is 1. The van der Waals surface area contributed by atoms with Crippen molar-refractivity contribution in [2.45, 2.75) is 20.0 Å². The molecule has 0 saturated heterocycles. The number of carboxylic acids is 1. The predicted molar refractivity (Wildman–Crippen MR) is 64.4 cm³/mol. The van der Waals surface area contributed by atoms with Gasteiger partial charge in [0.15, 0.2) is 0 Å². The Labute approximate surface area is 98.2 Å². The lowest BCUT2D eigenvalue weighted by atomic mass is 10.1. The predicted octanol–water partition coefficient (Wildman–Crippen LogP) is 2.21. The van der Waals surface area contributed by atoms with Gasteiger partial charge in [-0.25, -0.2) is 4.79 Å². The van der Waals surface area contributed by atoms with Crippen LogP contribution in [0.5, 0.6) is 5.75 Å². The van der Waals surface area contributed by atoms with E-state index in [1.165, 1.54) is 0 Å². The minimum absolute atomic E-state index is 0.184. The molecule has 5 heteroatoms. The van der Waals surface area contributed by atoms with Crippen LogP contribution in [0.3, 0.4) is 0 Å². The van der Waals surface area contributed by atoms with Crippen LogP contribution in [0.15, 0.2) is 12.1 Å². The molecule has 1 aromatic carbocycles. The van der Waals surface area contributed by atoms with Crippen molar-refractivity contribution in [3.63, 3.8) is 0 Å². The summed E-state index contributed by atoms with van der Waals surface area (Å²) in [6, 6.07) is 3.39. The Morgan fingerprint density at radius 3 is 2.88 bits per heavy atom. The fourth-order valence-electron chi connectivity index (χ4n) is 1.61. The Bertz CT molecular complexity index is 484. The molecule has 1 aliphatic heterocycles. The van der Waals surface area contributed by atoms with Gasteiger partial charge in [0.1, 0.15) is 16.8 Å². The highest BCUT2D eigenvalue weighted by molar-refractivity contribution is 7.80. The number of aryl methyl sites for hydroxylation is 1. The van der Waals surface area contributed by atoms with Gasteiger partial charge in [0, 0.05) is 0 Å². The van der Waals surface area contributed by atoms with E-state index < -0.39 is 5.97 Å². The Balaban J connectivity index is 2.59. The van der Waals surface area contributed by atoms with E-state index in [1.807, 2.05) is 13.8 Å². The van der Waals surface area contributed by atoms with Crippen LogP contribution in [0.2, 0.25) is 0 Å². The molecule has 0 spiro atoms. The first kappa shape index (κ1) is 10.9. The second-order valence-corrected chi connectivity index (χ2v) is 4.18. The molecule has 84 valence electrons. The van der Waals surface area contributed by atoms with Gasteiger partial charge in [-0.3, -0.25) is 0 Å². The quantitative estimate of drug-likeness (QED) is 0.733. The van der Waals surface area contributed by atoms with E-state index in [1.54, 1.807) is 12.1 Å². The number of ether oxygens (including phenoxy) is 1. The monoisotopic (exact) mass is 237 g/mol. The molecule has 0 aliphatic carbocycles. The van der Waals surface area contributed by atoms with Gasteiger partial charge in [0.25, 0.3) is 0 Å². The Hall–Kier alpha value is -1.62. The number of thiocarbonyl (C=S) groups is 1. The van der Waals surface area contributed by atoms with E-state index in [2.05, 4.69) is 5.32 Å². The van der Waals surface area contributed by atoms with Crippen molar-refractivity contribution in [2.75, 3.05) is 5.32 Å². The smallest absolute Gasteiger partial charge is 0.337 e. The van der Waals surface area contributed by atoms with Crippen molar-refractivity contribution >= 4 is 28.9 Å². The molecular formula is C11H11NO3S. The minimum Gasteiger partial charge on any atom is -0.481 e. The molecule has 1 aliphatic rings. The fraction of sp³-hybridized carbons (Fsp3) is 0.273. The van der Waals surface area contributed by atoms with E-state index in [-0.39, 0.29) is 11.7 Å². The summed E-state index contributed by atoms with van der Waals surface area (Å²) in [5, 5.41) is 12.0. The maximum absolute atomic E-state index is 11.1. The SMILES string of the molecule is Cc1cc2c(c(C(=O)O)c1)NC(=S)C(C)O2. The van der Waals surface area contributed by atoms with E-state index >= 15 is 0 Å². The van der Waals surface area contributed by atoms with Gasteiger partial charge >= 0.3 is 5.97 Å². The van der Waals surface area contributed by atoms with Gasteiger partial charge in [-0.1, -0.05) is 12.2 Å². The number of hydrogen-bond acceptors (Lipinski definition) is 3. The molecule has 1 atom stereocenters. The fourth-order valence-corrected chi connectivity index (χ4v) is 1.76. The molecule has 2 rings (SSSR count). The van der Waals surface area contributed by atoms with Crippen LogP contribution in [0.1, 0.15) is 22.8 Å². The van der Waals surface area contributed by atoms with Crippen LogP contribution in [0.4, 0.5) is 5.69 Å². The molecule has 0 radical (unpaired) electrons. The van der Waals surface area contributed by atoms with E-state index in [0.29, 0.717) is 16.4 Å². The number of hydrogen-bond donors (Lipinski definition) is 2. The minimum atomic E-state index is -0.992. The zero-order valence-corrected chi connectivity index (χ0v) is 9.72. The van der Waals surface area contributed by atoms with Crippen LogP contribution < -0.4 is 10.1 Å². The lowest BCUT2D eigenvalue weighted by Crippen LogP contribution is -2.33. The third kappa shape index (κ3) is 1.74. The number of anilines is 1. The molecule has 0 fully saturated rings. The van der Waals surface area contributed by atoms with Gasteiger partial charge in [-0.05, 0) is 31.5 Å². The van der Waals surface area contributed by atoms with Crippen molar-refractivity contribution in [2.24, 2.45) is 0 Å². The summed E-state index contributed by atoms with van der Waals surface area (Å²) in [6.45, 7) is 3.65. The first-order valence-electron chi connectivity index (χ1n) is 4.84. The molecule has 1 aromatic rings. The summed E-state index contributed by atoms with van der Waals surface area (Å²) in [7, 11) is 0. The van der Waals surface area contributed by atoms with Gasteiger partial charge in [0.2, 0.25) is 0 Å². The number of aromatic carboxylic acids is 1. The van der Waals surface area contributed by atoms with E-state index in [0.717, 1.165) is 5.56 Å². The van der Waals surface area contributed by atoms with Crippen molar-refractivity contribution in [1.29, 1.82) is 0 Å². The third-order valence-electron chi connectivity index (χ3n) is 2.40. The zero-order valence-electron chi connectivity index (χ0n) is 8.90. The summed E-state index contributed by atoms with van der Waals surface area (Å²) in [6.07, 6.45) is -0.231. The maximum atomic E-state index is 11.1. The van der Waals surface area contributed by atoms with Crippen LogP contribution in [0.25, 0.3) is 0 Å². The first-order valence-corrected chi connectivity index (χ1v) is 5.25. The first-order chi connectivity index (χ1) is 7.49. The van der Waals surface area contributed by atoms with Gasteiger partial charge in [-0.15, -0.1) is 0 Å². The van der Waals surface area contributed by atoms with Crippen LogP contribution in [-0.4, -0.2) is 22.2 Å². The zero-order chi connectivity index (χ0) is 11.9. The molecular weight excluding hydrogens is 226 g/mol. The molecule has 0 amide bonds. The highest BCUT2D eigenvalue weighted by Gasteiger charge is 2.25. The number of nitrogens with one attached hydrogen (secondary N) is 1. The molecule has 0 bridgehead atoms. The Morgan fingerprint density at radius 2 is 2.25 bits per heavy atom. The summed E-state index contributed by atoms with van der Waals surface area (Å²) in [4.78, 5) is 11.6. The van der Waals surface area contributed by atoms with Crippen LogP contribution in [-0.2, 0) is 0 Å². The van der Waals surface area contributed by atoms with E-state index in [9.17, 15) is 4.79 Å². The lowest BCUT2D eigenvalue weighted by Gasteiger charge is -2.27. The van der Waals surface area contributed by atoms with Crippen molar-refractivity contribution in [1.82, 2.24) is 0 Å². The lowest BCUT2D eigenvalue weighted by molar-refractivity contribution is 0.0697. The number of rotatable bonds is 1. The van der Waals surface area contributed by atoms with Crippen molar-refractivity contribution in [3.8, 4) is 5.75 Å². The Morgan fingerprint density at radius 1 is 1.56 bits per heavy atom. The molecule has 1 unspecified atom stereocenters. The third-order valence-corrected chi connectivity index (χ3v) is 2.83. The molecule has 2 N–H and O–H groups in total. The summed E-state index contributed by atoms with van der Waals surface area (Å²) < 4.78 is 5.55. The molecule has 16 heavy (non-hydrogen) atoms. The van der Waals surface area contributed by atoms with Crippen LogP contribution in [0, 0.1) is 6.92 Å². The van der Waals surface area contributed by atoms with E-state index in [4.69, 9.17) is 22.1 Å². The van der Waals surface area contributed by atoms with Crippen molar-refractivity contribution in [3.05, 3.63) is 23.3 Å². The number of benzene rings is 1. The highest BCUT2D eigenvalue weighted by Crippen LogP contribution is 2.34. The second-order valence-electron chi connectivity index (χ2n) is 3.74. The second kappa shape index (κ2) is 3.75. The van der Waals surface area contributed by atoms with Crippen LogP contribution >= 0.6 is 12.2 Å². The van der Waals surface area contributed by atoms with Gasteiger partial charge in [-0.2, -0.15) is 0 Å². The molecule has 0 aromatic heterocycles. The number of carbonyl (C=O) groups is 1. The maximum Gasteiger partial charge on any atom is 0.337 e. The number of fused-ring (bicyclic) bond motifs is 1.